The van der Waals surface area contributed by atoms with Gasteiger partial charge in [0.15, 0.2) is 0 Å². The summed E-state index contributed by atoms with van der Waals surface area (Å²) in [4.78, 5) is -0.107. The van der Waals surface area contributed by atoms with Gasteiger partial charge in [0, 0.05) is 24.2 Å². The maximum atomic E-state index is 12.4. The Labute approximate surface area is 133 Å². The van der Waals surface area contributed by atoms with E-state index in [1.54, 1.807) is 0 Å². The first-order valence-corrected chi connectivity index (χ1v) is 7.80. The molecule has 1 aliphatic rings. The van der Waals surface area contributed by atoms with Crippen LogP contribution in [0.5, 0.6) is 0 Å². The molecule has 1 saturated heterocycles. The summed E-state index contributed by atoms with van der Waals surface area (Å²) < 4.78 is 26.1. The number of benzene rings is 1. The van der Waals surface area contributed by atoms with Crippen LogP contribution in [0.1, 0.15) is 6.42 Å². The summed E-state index contributed by atoms with van der Waals surface area (Å²) in [5.41, 5.74) is 5.71. The highest BCUT2D eigenvalue weighted by Gasteiger charge is 2.34. The summed E-state index contributed by atoms with van der Waals surface area (Å²) in [5, 5.41) is 0.336. The quantitative estimate of drug-likeness (QED) is 0.876. The van der Waals surface area contributed by atoms with Crippen LogP contribution in [0, 0.1) is 0 Å². The Kier molecular flexibility index (Phi) is 5.78. The fourth-order valence-electron chi connectivity index (χ4n) is 1.88. The molecular weight excluding hydrogens is 354 g/mol. The number of nitrogens with two attached hydrogens (primary N) is 1. The largest absolute Gasteiger partial charge is 0.326 e. The Bertz CT molecular complexity index is 556. The summed E-state index contributed by atoms with van der Waals surface area (Å²) in [5.74, 6) is 0. The highest BCUT2D eigenvalue weighted by molar-refractivity contribution is 7.89. The molecule has 0 spiro atoms. The van der Waals surface area contributed by atoms with Crippen molar-refractivity contribution >= 4 is 57.2 Å². The second-order valence-corrected chi connectivity index (χ2v) is 7.24. The molecule has 1 fully saturated rings. The minimum Gasteiger partial charge on any atom is -0.326 e. The second-order valence-electron chi connectivity index (χ2n) is 4.11. The van der Waals surface area contributed by atoms with Crippen LogP contribution in [0.2, 0.25) is 15.1 Å². The molecule has 1 heterocycles. The molecule has 0 unspecified atom stereocenters. The van der Waals surface area contributed by atoms with E-state index in [1.807, 2.05) is 0 Å². The molecule has 2 N–H and O–H groups in total. The van der Waals surface area contributed by atoms with E-state index in [9.17, 15) is 8.42 Å². The lowest BCUT2D eigenvalue weighted by Gasteiger charge is -2.18. The maximum Gasteiger partial charge on any atom is 0.246 e. The van der Waals surface area contributed by atoms with Crippen molar-refractivity contribution in [3.63, 3.8) is 0 Å². The monoisotopic (exact) mass is 364 g/mol. The van der Waals surface area contributed by atoms with Crippen molar-refractivity contribution in [2.45, 2.75) is 17.4 Å². The third-order valence-electron chi connectivity index (χ3n) is 2.75. The van der Waals surface area contributed by atoms with Gasteiger partial charge in [0.1, 0.15) is 4.90 Å². The smallest absolute Gasteiger partial charge is 0.246 e. The van der Waals surface area contributed by atoms with Gasteiger partial charge in [0.2, 0.25) is 10.0 Å². The minimum absolute atomic E-state index is 0. The molecule has 108 valence electrons. The summed E-state index contributed by atoms with van der Waals surface area (Å²) in [6, 6.07) is 2.57. The molecule has 19 heavy (non-hydrogen) atoms. The maximum absolute atomic E-state index is 12.4. The number of sulfonamides is 1. The SMILES string of the molecule is Cl.N[C@H]1CCN(S(=O)(=O)c2c(Cl)cc(Cl)cc2Cl)C1. The summed E-state index contributed by atoms with van der Waals surface area (Å²) >= 11 is 17.6. The van der Waals surface area contributed by atoms with Crippen molar-refractivity contribution in [3.8, 4) is 0 Å². The van der Waals surface area contributed by atoms with Crippen LogP contribution in [0.15, 0.2) is 17.0 Å². The van der Waals surface area contributed by atoms with E-state index >= 15 is 0 Å². The van der Waals surface area contributed by atoms with Gasteiger partial charge in [-0.1, -0.05) is 34.8 Å². The second kappa shape index (κ2) is 6.35. The molecule has 9 heteroatoms. The molecule has 0 radical (unpaired) electrons. The van der Waals surface area contributed by atoms with E-state index in [2.05, 4.69) is 0 Å². The fourth-order valence-corrected chi connectivity index (χ4v) is 4.88. The molecule has 0 aliphatic carbocycles. The molecule has 0 amide bonds. The molecule has 0 aromatic heterocycles. The molecule has 0 saturated carbocycles. The molecule has 1 aromatic carbocycles. The van der Waals surface area contributed by atoms with Gasteiger partial charge in [-0.05, 0) is 18.6 Å². The van der Waals surface area contributed by atoms with Crippen molar-refractivity contribution < 1.29 is 8.42 Å². The van der Waals surface area contributed by atoms with Gasteiger partial charge in [-0.25, -0.2) is 8.42 Å². The first-order valence-electron chi connectivity index (χ1n) is 5.22. The lowest BCUT2D eigenvalue weighted by atomic mass is 10.3. The number of hydrogen-bond donors (Lipinski definition) is 1. The van der Waals surface area contributed by atoms with Gasteiger partial charge in [-0.3, -0.25) is 0 Å². The first kappa shape index (κ1) is 17.3. The number of hydrogen-bond acceptors (Lipinski definition) is 3. The highest BCUT2D eigenvalue weighted by atomic mass is 35.5. The van der Waals surface area contributed by atoms with E-state index in [0.29, 0.717) is 18.0 Å². The molecule has 1 aromatic rings. The van der Waals surface area contributed by atoms with Crippen LogP contribution in [0.3, 0.4) is 0 Å². The number of halogens is 4. The van der Waals surface area contributed by atoms with E-state index in [4.69, 9.17) is 40.5 Å². The van der Waals surface area contributed by atoms with E-state index < -0.39 is 10.0 Å². The third kappa shape index (κ3) is 3.47. The fraction of sp³-hybridized carbons (Fsp3) is 0.400. The van der Waals surface area contributed by atoms with Crippen molar-refractivity contribution in [2.75, 3.05) is 13.1 Å². The molecule has 4 nitrogen and oxygen atoms in total. The predicted molar refractivity (Wildman–Crippen MR) is 80.1 cm³/mol. The normalized spacial score (nSPS) is 20.3. The van der Waals surface area contributed by atoms with Crippen LogP contribution >= 0.6 is 47.2 Å². The first-order chi connectivity index (χ1) is 8.32. The van der Waals surface area contributed by atoms with Gasteiger partial charge < -0.3 is 5.73 Å². The Morgan fingerprint density at radius 1 is 1.21 bits per heavy atom. The van der Waals surface area contributed by atoms with Gasteiger partial charge in [0.05, 0.1) is 10.0 Å². The van der Waals surface area contributed by atoms with E-state index in [-0.39, 0.29) is 39.9 Å². The van der Waals surface area contributed by atoms with Crippen LogP contribution in [0.4, 0.5) is 0 Å². The van der Waals surface area contributed by atoms with Gasteiger partial charge in [-0.15, -0.1) is 12.4 Å². The van der Waals surface area contributed by atoms with Crippen LogP contribution in [-0.2, 0) is 10.0 Å². The van der Waals surface area contributed by atoms with Gasteiger partial charge >= 0.3 is 0 Å². The Morgan fingerprint density at radius 2 is 1.74 bits per heavy atom. The zero-order chi connectivity index (χ0) is 13.5. The Hall–Kier alpha value is 0.250. The molecule has 1 aliphatic heterocycles. The Morgan fingerprint density at radius 3 is 2.16 bits per heavy atom. The summed E-state index contributed by atoms with van der Waals surface area (Å²) in [6.07, 6.45) is 0.627. The van der Waals surface area contributed by atoms with E-state index in [1.165, 1.54) is 16.4 Å². The average molecular weight is 366 g/mol. The van der Waals surface area contributed by atoms with Crippen molar-refractivity contribution in [1.29, 1.82) is 0 Å². The van der Waals surface area contributed by atoms with Gasteiger partial charge in [-0.2, -0.15) is 4.31 Å². The Balaban J connectivity index is 0.00000180. The predicted octanol–water partition coefficient (Wildman–Crippen LogP) is 2.79. The van der Waals surface area contributed by atoms with Crippen molar-refractivity contribution in [2.24, 2.45) is 5.73 Å². The zero-order valence-electron chi connectivity index (χ0n) is 9.64. The summed E-state index contributed by atoms with van der Waals surface area (Å²) in [7, 11) is -3.72. The lowest BCUT2D eigenvalue weighted by molar-refractivity contribution is 0.472. The zero-order valence-corrected chi connectivity index (χ0v) is 13.5. The van der Waals surface area contributed by atoms with Crippen LogP contribution < -0.4 is 5.73 Å². The van der Waals surface area contributed by atoms with Crippen molar-refractivity contribution in [3.05, 3.63) is 27.2 Å². The van der Waals surface area contributed by atoms with Crippen molar-refractivity contribution in [1.82, 2.24) is 4.31 Å². The average Bonchev–Trinajstić information content (AvgIpc) is 2.63. The molecular formula is C10H12Cl4N2O2S. The molecule has 0 bridgehead atoms. The topological polar surface area (TPSA) is 63.4 Å². The van der Waals surface area contributed by atoms with Crippen LogP contribution in [0.25, 0.3) is 0 Å². The highest BCUT2D eigenvalue weighted by Crippen LogP contribution is 2.35. The molecule has 2 rings (SSSR count). The standard InChI is InChI=1S/C10H11Cl3N2O2S.ClH/c11-6-3-8(12)10(9(13)4-6)18(16,17)15-2-1-7(14)5-15;/h3-4,7H,1-2,5,14H2;1H/t7-;/m0./s1. The molecule has 1 atom stereocenters. The van der Waals surface area contributed by atoms with Gasteiger partial charge in [0.25, 0.3) is 0 Å². The lowest BCUT2D eigenvalue weighted by Crippen LogP contribution is -2.32. The number of nitrogens with zero attached hydrogens (tertiary/aromatic N) is 1. The third-order valence-corrected chi connectivity index (χ3v) is 5.75. The van der Waals surface area contributed by atoms with Crippen LogP contribution in [-0.4, -0.2) is 31.9 Å². The summed E-state index contributed by atoms with van der Waals surface area (Å²) in [6.45, 7) is 0.649. The minimum atomic E-state index is -3.72. The number of rotatable bonds is 2. The van der Waals surface area contributed by atoms with E-state index in [0.717, 1.165) is 0 Å².